The molecule has 9 heteroatoms. The number of carbonyl (C=O) groups is 2. The molecule has 0 spiro atoms. The fourth-order valence-corrected chi connectivity index (χ4v) is 3.17. The van der Waals surface area contributed by atoms with Crippen LogP contribution in [0.15, 0.2) is 58.8 Å². The molecule has 26 heavy (non-hydrogen) atoms. The van der Waals surface area contributed by atoms with Crippen molar-refractivity contribution < 1.29 is 14.7 Å². The summed E-state index contributed by atoms with van der Waals surface area (Å²) in [6, 6.07) is 12.2. The van der Waals surface area contributed by atoms with E-state index in [9.17, 15) is 14.7 Å². The van der Waals surface area contributed by atoms with Gasteiger partial charge in [-0.05, 0) is 29.8 Å². The fraction of sp³-hybridized carbons (Fsp3) is 0.0588. The van der Waals surface area contributed by atoms with Gasteiger partial charge < -0.3 is 5.11 Å². The molecule has 0 fully saturated rings. The van der Waals surface area contributed by atoms with E-state index in [0.29, 0.717) is 15.7 Å². The first-order chi connectivity index (χ1) is 12.5. The average Bonchev–Trinajstić information content (AvgIpc) is 3.01. The Kier molecular flexibility index (Phi) is 5.55. The largest absolute Gasteiger partial charge is 0.476 e. The van der Waals surface area contributed by atoms with E-state index >= 15 is 0 Å². The van der Waals surface area contributed by atoms with Gasteiger partial charge in [-0.1, -0.05) is 41.6 Å². The molecule has 132 valence electrons. The van der Waals surface area contributed by atoms with Gasteiger partial charge in [0.25, 0.3) is 0 Å². The molecule has 0 saturated carbocycles. The van der Waals surface area contributed by atoms with Crippen LogP contribution in [0, 0.1) is 0 Å². The Hall–Kier alpha value is -2.84. The number of halogens is 1. The first-order valence-electron chi connectivity index (χ1n) is 7.45. The molecule has 0 aliphatic carbocycles. The van der Waals surface area contributed by atoms with Crippen LogP contribution in [-0.2, 0) is 4.79 Å². The molecular weight excluding hydrogens is 376 g/mol. The third-order valence-corrected chi connectivity index (χ3v) is 4.62. The molecule has 0 unspecified atom stereocenters. The van der Waals surface area contributed by atoms with Gasteiger partial charge in [-0.3, -0.25) is 9.20 Å². The standard InChI is InChI=1S/C17H13ClN4O3S/c18-12-6-4-11(5-7-12)9-19-21-14(23)10-26-16-15(17(24)25)20-13-3-1-2-8-22(13)16/h1-9H,10H2,(H,21,23)(H,24,25)/b19-9-. The summed E-state index contributed by atoms with van der Waals surface area (Å²) in [6.45, 7) is 0. The highest BCUT2D eigenvalue weighted by Crippen LogP contribution is 2.24. The van der Waals surface area contributed by atoms with E-state index in [-0.39, 0.29) is 17.4 Å². The number of nitrogens with zero attached hydrogens (tertiary/aromatic N) is 3. The van der Waals surface area contributed by atoms with Gasteiger partial charge in [0.15, 0.2) is 5.69 Å². The molecule has 3 aromatic rings. The number of amides is 1. The molecule has 1 amide bonds. The lowest BCUT2D eigenvalue weighted by atomic mass is 10.2. The Morgan fingerprint density at radius 3 is 2.77 bits per heavy atom. The first-order valence-corrected chi connectivity index (χ1v) is 8.81. The van der Waals surface area contributed by atoms with Gasteiger partial charge in [-0.25, -0.2) is 15.2 Å². The van der Waals surface area contributed by atoms with Gasteiger partial charge in [0.05, 0.1) is 12.0 Å². The molecule has 2 N–H and O–H groups in total. The number of hydrogen-bond acceptors (Lipinski definition) is 5. The molecule has 2 aromatic heterocycles. The lowest BCUT2D eigenvalue weighted by molar-refractivity contribution is -0.118. The number of hydrazone groups is 1. The van der Waals surface area contributed by atoms with E-state index in [1.807, 2.05) is 0 Å². The van der Waals surface area contributed by atoms with E-state index in [0.717, 1.165) is 17.3 Å². The quantitative estimate of drug-likeness (QED) is 0.384. The number of carboxylic acid groups (broad SMARTS) is 1. The second kappa shape index (κ2) is 8.03. The lowest BCUT2D eigenvalue weighted by Gasteiger charge is -2.02. The maximum Gasteiger partial charge on any atom is 0.357 e. The monoisotopic (exact) mass is 388 g/mol. The van der Waals surface area contributed by atoms with Gasteiger partial charge in [-0.2, -0.15) is 5.10 Å². The highest BCUT2D eigenvalue weighted by Gasteiger charge is 2.19. The van der Waals surface area contributed by atoms with Crippen molar-refractivity contribution in [3.05, 3.63) is 64.9 Å². The number of imidazole rings is 1. The number of aromatic nitrogens is 2. The maximum atomic E-state index is 12.0. The smallest absolute Gasteiger partial charge is 0.357 e. The average molecular weight is 389 g/mol. The number of carboxylic acids is 1. The Balaban J connectivity index is 1.64. The molecule has 1 aromatic carbocycles. The zero-order valence-corrected chi connectivity index (χ0v) is 14.9. The number of fused-ring (bicyclic) bond motifs is 1. The van der Waals surface area contributed by atoms with Gasteiger partial charge in [0.1, 0.15) is 10.7 Å². The third-order valence-electron chi connectivity index (χ3n) is 3.30. The molecule has 0 aliphatic heterocycles. The summed E-state index contributed by atoms with van der Waals surface area (Å²) in [4.78, 5) is 27.4. The van der Waals surface area contributed by atoms with Gasteiger partial charge >= 0.3 is 5.97 Å². The van der Waals surface area contributed by atoms with E-state index < -0.39 is 5.97 Å². The molecule has 7 nitrogen and oxygen atoms in total. The van der Waals surface area contributed by atoms with Crippen molar-refractivity contribution in [2.75, 3.05) is 5.75 Å². The van der Waals surface area contributed by atoms with Crippen LogP contribution in [-0.4, -0.2) is 38.3 Å². The van der Waals surface area contributed by atoms with Crippen LogP contribution in [0.2, 0.25) is 5.02 Å². The van der Waals surface area contributed by atoms with Crippen molar-refractivity contribution in [2.24, 2.45) is 5.10 Å². The molecule has 0 aliphatic rings. The third kappa shape index (κ3) is 4.22. The summed E-state index contributed by atoms with van der Waals surface area (Å²) in [6.07, 6.45) is 3.20. The van der Waals surface area contributed by atoms with Crippen LogP contribution >= 0.6 is 23.4 Å². The number of hydrogen-bond donors (Lipinski definition) is 2. The minimum Gasteiger partial charge on any atom is -0.476 e. The van der Waals surface area contributed by atoms with Crippen LogP contribution < -0.4 is 5.43 Å². The molecule has 0 atom stereocenters. The van der Waals surface area contributed by atoms with Crippen molar-refractivity contribution in [1.82, 2.24) is 14.8 Å². The summed E-state index contributed by atoms with van der Waals surface area (Å²) in [7, 11) is 0. The normalized spacial score (nSPS) is 11.1. The van der Waals surface area contributed by atoms with Crippen LogP contribution in [0.5, 0.6) is 0 Å². The van der Waals surface area contributed by atoms with E-state index in [4.69, 9.17) is 11.6 Å². The number of thioether (sulfide) groups is 1. The molecule has 0 saturated heterocycles. The van der Waals surface area contributed by atoms with Crippen molar-refractivity contribution in [3.8, 4) is 0 Å². The fourth-order valence-electron chi connectivity index (χ4n) is 2.14. The van der Waals surface area contributed by atoms with Crippen LogP contribution in [0.4, 0.5) is 0 Å². The van der Waals surface area contributed by atoms with E-state index in [1.54, 1.807) is 53.1 Å². The number of pyridine rings is 1. The van der Waals surface area contributed by atoms with Crippen molar-refractivity contribution >= 4 is 47.1 Å². The summed E-state index contributed by atoms with van der Waals surface area (Å²) < 4.78 is 1.64. The van der Waals surface area contributed by atoms with Crippen LogP contribution in [0.1, 0.15) is 16.1 Å². The van der Waals surface area contributed by atoms with E-state index in [1.165, 1.54) is 6.21 Å². The second-order valence-corrected chi connectivity index (χ2v) is 6.53. The Bertz CT molecular complexity index is 985. The van der Waals surface area contributed by atoms with Gasteiger partial charge in [-0.15, -0.1) is 0 Å². The Morgan fingerprint density at radius 2 is 2.04 bits per heavy atom. The zero-order chi connectivity index (χ0) is 18.5. The predicted molar refractivity (Wildman–Crippen MR) is 100 cm³/mol. The first kappa shape index (κ1) is 18.0. The predicted octanol–water partition coefficient (Wildman–Crippen LogP) is 2.93. The number of aromatic carboxylic acids is 1. The summed E-state index contributed by atoms with van der Waals surface area (Å²) in [5, 5.41) is 14.2. The molecular formula is C17H13ClN4O3S. The highest BCUT2D eigenvalue weighted by atomic mass is 35.5. The molecule has 2 heterocycles. The van der Waals surface area contributed by atoms with Crippen LogP contribution in [0.25, 0.3) is 5.65 Å². The SMILES string of the molecule is O=C(CSc1c(C(=O)O)nc2ccccn12)N/N=C\c1ccc(Cl)cc1. The minimum atomic E-state index is -1.14. The minimum absolute atomic E-state index is 0.000918. The Labute approximate surface area is 157 Å². The van der Waals surface area contributed by atoms with E-state index in [2.05, 4.69) is 15.5 Å². The summed E-state index contributed by atoms with van der Waals surface area (Å²) in [5.74, 6) is -1.50. The van der Waals surface area contributed by atoms with Crippen molar-refractivity contribution in [1.29, 1.82) is 0 Å². The lowest BCUT2D eigenvalue weighted by Crippen LogP contribution is -2.20. The van der Waals surface area contributed by atoms with Crippen molar-refractivity contribution in [3.63, 3.8) is 0 Å². The highest BCUT2D eigenvalue weighted by molar-refractivity contribution is 8.00. The number of nitrogens with one attached hydrogen (secondary N) is 1. The summed E-state index contributed by atoms with van der Waals surface area (Å²) in [5.41, 5.74) is 3.62. The molecule has 0 radical (unpaired) electrons. The van der Waals surface area contributed by atoms with Gasteiger partial charge in [0, 0.05) is 11.2 Å². The zero-order valence-electron chi connectivity index (χ0n) is 13.3. The molecule has 3 rings (SSSR count). The summed E-state index contributed by atoms with van der Waals surface area (Å²) >= 11 is 6.88. The molecule has 0 bridgehead atoms. The Morgan fingerprint density at radius 1 is 1.27 bits per heavy atom. The maximum absolute atomic E-state index is 12.0. The van der Waals surface area contributed by atoms with Gasteiger partial charge in [0.2, 0.25) is 5.91 Å². The topological polar surface area (TPSA) is 96.1 Å². The number of rotatable bonds is 6. The van der Waals surface area contributed by atoms with Crippen LogP contribution in [0.3, 0.4) is 0 Å². The van der Waals surface area contributed by atoms with Crippen molar-refractivity contribution in [2.45, 2.75) is 5.03 Å². The second-order valence-electron chi connectivity index (χ2n) is 5.13. The number of carbonyl (C=O) groups excluding carboxylic acids is 1. The number of benzene rings is 1.